The summed E-state index contributed by atoms with van der Waals surface area (Å²) in [6.07, 6.45) is -1.12. The van der Waals surface area contributed by atoms with Gasteiger partial charge in [0, 0.05) is 22.9 Å². The molecule has 0 saturated heterocycles. The fourth-order valence-corrected chi connectivity index (χ4v) is 2.35. The van der Waals surface area contributed by atoms with E-state index in [-0.39, 0.29) is 22.6 Å². The molecule has 0 bridgehead atoms. The molecule has 0 heterocycles. The van der Waals surface area contributed by atoms with Crippen molar-refractivity contribution in [2.45, 2.75) is 26.9 Å². The van der Waals surface area contributed by atoms with E-state index in [0.717, 1.165) is 0 Å². The van der Waals surface area contributed by atoms with Gasteiger partial charge in [-0.15, -0.1) is 0 Å². The number of hydrogen-bond donors (Lipinski definition) is 1. The smallest absolute Gasteiger partial charge is 0.339 e. The molecule has 0 aliphatic carbocycles. The normalized spacial score (nSPS) is 11.4. The number of anilines is 1. The summed E-state index contributed by atoms with van der Waals surface area (Å²) in [5.74, 6) is -1.49. The minimum atomic E-state index is -1.12. The predicted molar refractivity (Wildman–Crippen MR) is 97.8 cm³/mol. The molecule has 27 heavy (non-hydrogen) atoms. The Morgan fingerprint density at radius 1 is 1.11 bits per heavy atom. The molecule has 0 aliphatic heterocycles. The Balaban J connectivity index is 2.05. The average molecular weight is 370 g/mol. The van der Waals surface area contributed by atoms with Crippen molar-refractivity contribution < 1.29 is 24.0 Å². The number of Topliss-reactive ketones (excluding diaryl/α,β-unsaturated/α-hetero) is 1. The fraction of sp³-hybridized carbons (Fsp3) is 0.211. The van der Waals surface area contributed by atoms with E-state index in [0.29, 0.717) is 11.3 Å². The van der Waals surface area contributed by atoms with Gasteiger partial charge in [-0.25, -0.2) is 4.79 Å². The summed E-state index contributed by atoms with van der Waals surface area (Å²) in [6.45, 7) is 4.27. The summed E-state index contributed by atoms with van der Waals surface area (Å²) in [5, 5.41) is 13.5. The van der Waals surface area contributed by atoms with Crippen LogP contribution in [0, 0.1) is 17.0 Å². The maximum absolute atomic E-state index is 12.3. The third-order valence-corrected chi connectivity index (χ3v) is 3.93. The number of hydrogen-bond acceptors (Lipinski definition) is 6. The highest BCUT2D eigenvalue weighted by molar-refractivity contribution is 5.99. The van der Waals surface area contributed by atoms with Gasteiger partial charge in [0.05, 0.1) is 10.5 Å². The molecule has 0 radical (unpaired) electrons. The van der Waals surface area contributed by atoms with E-state index in [2.05, 4.69) is 5.32 Å². The molecule has 1 N–H and O–H groups in total. The quantitative estimate of drug-likeness (QED) is 0.361. The van der Waals surface area contributed by atoms with Crippen LogP contribution in [0.2, 0.25) is 0 Å². The fourth-order valence-electron chi connectivity index (χ4n) is 2.35. The number of amides is 1. The first-order chi connectivity index (χ1) is 12.7. The lowest BCUT2D eigenvalue weighted by Gasteiger charge is -2.14. The van der Waals surface area contributed by atoms with Crippen molar-refractivity contribution in [3.05, 3.63) is 69.3 Å². The second-order valence-electron chi connectivity index (χ2n) is 5.88. The van der Waals surface area contributed by atoms with Gasteiger partial charge >= 0.3 is 5.97 Å². The molecular weight excluding hydrogens is 352 g/mol. The van der Waals surface area contributed by atoms with Crippen LogP contribution in [0.1, 0.15) is 40.1 Å². The van der Waals surface area contributed by atoms with Crippen LogP contribution in [0.5, 0.6) is 0 Å². The minimum Gasteiger partial charge on any atom is -0.449 e. The Morgan fingerprint density at radius 2 is 1.74 bits per heavy atom. The second-order valence-corrected chi connectivity index (χ2v) is 5.88. The van der Waals surface area contributed by atoms with Crippen LogP contribution in [0.3, 0.4) is 0 Å². The van der Waals surface area contributed by atoms with Crippen LogP contribution in [0.4, 0.5) is 11.4 Å². The molecule has 2 aromatic rings. The van der Waals surface area contributed by atoms with E-state index in [1.165, 1.54) is 39.0 Å². The van der Waals surface area contributed by atoms with Gasteiger partial charge in [-0.05, 0) is 51.1 Å². The van der Waals surface area contributed by atoms with Gasteiger partial charge in [-0.3, -0.25) is 19.7 Å². The Bertz CT molecular complexity index is 905. The third-order valence-electron chi connectivity index (χ3n) is 3.93. The Kier molecular flexibility index (Phi) is 6.02. The second kappa shape index (κ2) is 8.22. The van der Waals surface area contributed by atoms with E-state index in [4.69, 9.17) is 4.74 Å². The summed E-state index contributed by atoms with van der Waals surface area (Å²) >= 11 is 0. The number of benzene rings is 2. The minimum absolute atomic E-state index is 0.0228. The van der Waals surface area contributed by atoms with Crippen molar-refractivity contribution in [2.75, 3.05) is 5.32 Å². The zero-order valence-electron chi connectivity index (χ0n) is 15.0. The van der Waals surface area contributed by atoms with Crippen molar-refractivity contribution in [2.24, 2.45) is 0 Å². The Labute approximate surface area is 155 Å². The van der Waals surface area contributed by atoms with Crippen molar-refractivity contribution in [1.29, 1.82) is 0 Å². The predicted octanol–water partition coefficient (Wildman–Crippen LogP) is 3.29. The highest BCUT2D eigenvalue weighted by Gasteiger charge is 2.23. The lowest BCUT2D eigenvalue weighted by Crippen LogP contribution is -2.30. The van der Waals surface area contributed by atoms with Crippen molar-refractivity contribution in [1.82, 2.24) is 0 Å². The number of ketones is 1. The van der Waals surface area contributed by atoms with Crippen LogP contribution in [0.25, 0.3) is 0 Å². The number of carbonyl (C=O) groups excluding carboxylic acids is 3. The summed E-state index contributed by atoms with van der Waals surface area (Å²) in [5.41, 5.74) is 0.940. The molecule has 0 aliphatic rings. The monoisotopic (exact) mass is 370 g/mol. The molecule has 1 atom stereocenters. The largest absolute Gasteiger partial charge is 0.449 e. The first kappa shape index (κ1) is 19.8. The SMILES string of the molecule is CC(=O)c1ccc(NC(=O)[C@@H](C)OC(=O)c2cccc([N+](=O)[O-])c2C)cc1. The van der Waals surface area contributed by atoms with Gasteiger partial charge in [-0.1, -0.05) is 6.07 Å². The molecule has 2 aromatic carbocycles. The van der Waals surface area contributed by atoms with Gasteiger partial charge in [-0.2, -0.15) is 0 Å². The maximum Gasteiger partial charge on any atom is 0.339 e. The lowest BCUT2D eigenvalue weighted by atomic mass is 10.1. The highest BCUT2D eigenvalue weighted by Crippen LogP contribution is 2.22. The van der Waals surface area contributed by atoms with Crippen molar-refractivity contribution in [3.63, 3.8) is 0 Å². The molecule has 8 nitrogen and oxygen atoms in total. The van der Waals surface area contributed by atoms with Crippen LogP contribution >= 0.6 is 0 Å². The van der Waals surface area contributed by atoms with Gasteiger partial charge in [0.1, 0.15) is 0 Å². The number of carbonyl (C=O) groups is 3. The molecule has 0 spiro atoms. The van der Waals surface area contributed by atoms with Gasteiger partial charge < -0.3 is 10.1 Å². The first-order valence-corrected chi connectivity index (χ1v) is 8.07. The standard InChI is InChI=1S/C19H18N2O6/c1-11-16(5-4-6-17(11)21(25)26)19(24)27-13(3)18(23)20-15-9-7-14(8-10-15)12(2)22/h4-10,13H,1-3H3,(H,20,23)/t13-/m1/s1. The first-order valence-electron chi connectivity index (χ1n) is 8.07. The number of esters is 1. The molecular formula is C19H18N2O6. The molecule has 0 fully saturated rings. The number of nitrogens with zero attached hydrogens (tertiary/aromatic N) is 1. The van der Waals surface area contributed by atoms with Crippen LogP contribution in [-0.2, 0) is 9.53 Å². The van der Waals surface area contributed by atoms with E-state index < -0.39 is 22.9 Å². The molecule has 0 saturated carbocycles. The van der Waals surface area contributed by atoms with Crippen molar-refractivity contribution in [3.8, 4) is 0 Å². The van der Waals surface area contributed by atoms with E-state index in [1.54, 1.807) is 24.3 Å². The molecule has 8 heteroatoms. The van der Waals surface area contributed by atoms with Gasteiger partial charge in [0.25, 0.3) is 11.6 Å². The van der Waals surface area contributed by atoms with Gasteiger partial charge in [0.15, 0.2) is 11.9 Å². The summed E-state index contributed by atoms with van der Waals surface area (Å²) in [7, 11) is 0. The number of nitrogens with one attached hydrogen (secondary N) is 1. The third kappa shape index (κ3) is 4.75. The van der Waals surface area contributed by atoms with E-state index >= 15 is 0 Å². The summed E-state index contributed by atoms with van der Waals surface area (Å²) < 4.78 is 5.12. The summed E-state index contributed by atoms with van der Waals surface area (Å²) in [4.78, 5) is 46.1. The highest BCUT2D eigenvalue weighted by atomic mass is 16.6. The van der Waals surface area contributed by atoms with Crippen LogP contribution < -0.4 is 5.32 Å². The maximum atomic E-state index is 12.3. The van der Waals surface area contributed by atoms with Crippen molar-refractivity contribution >= 4 is 29.0 Å². The number of rotatable bonds is 6. The van der Waals surface area contributed by atoms with Gasteiger partial charge in [0.2, 0.25) is 0 Å². The molecule has 0 unspecified atom stereocenters. The topological polar surface area (TPSA) is 116 Å². The molecule has 2 rings (SSSR count). The molecule has 1 amide bonds. The zero-order valence-corrected chi connectivity index (χ0v) is 15.0. The number of nitro groups is 1. The number of ether oxygens (including phenoxy) is 1. The Hall–Kier alpha value is -3.55. The summed E-state index contributed by atoms with van der Waals surface area (Å²) in [6, 6.07) is 10.3. The van der Waals surface area contributed by atoms with Crippen LogP contribution in [-0.4, -0.2) is 28.7 Å². The Morgan fingerprint density at radius 3 is 2.30 bits per heavy atom. The zero-order chi connectivity index (χ0) is 20.1. The molecule has 0 aromatic heterocycles. The van der Waals surface area contributed by atoms with E-state index in [9.17, 15) is 24.5 Å². The molecule has 140 valence electrons. The number of nitro benzene ring substituents is 1. The van der Waals surface area contributed by atoms with E-state index in [1.807, 2.05) is 0 Å². The van der Waals surface area contributed by atoms with Crippen LogP contribution in [0.15, 0.2) is 42.5 Å². The average Bonchev–Trinajstić information content (AvgIpc) is 2.61. The lowest BCUT2D eigenvalue weighted by molar-refractivity contribution is -0.385.